The third-order valence-corrected chi connectivity index (χ3v) is 1.27. The Kier molecular flexibility index (Phi) is 1.85. The second-order valence-corrected chi connectivity index (χ2v) is 2.25. The van der Waals surface area contributed by atoms with Crippen molar-refractivity contribution in [2.24, 2.45) is 0 Å². The average molecular weight is 152 g/mol. The first-order chi connectivity index (χ1) is 5.11. The quantitative estimate of drug-likeness (QED) is 0.638. The predicted octanol–water partition coefficient (Wildman–Crippen LogP) is 0.815. The van der Waals surface area contributed by atoms with Crippen LogP contribution in [0.25, 0.3) is 0 Å². The average Bonchev–Trinajstić information content (AvgIpc) is 2.33. The van der Waals surface area contributed by atoms with Crippen LogP contribution in [0.4, 0.5) is 0 Å². The molecule has 58 valence electrons. The summed E-state index contributed by atoms with van der Waals surface area (Å²) in [5.74, 6) is -0.0820. The molecule has 0 atom stereocenters. The molecule has 0 bridgehead atoms. The molecule has 1 rings (SSSR count). The monoisotopic (exact) mass is 152 g/mol. The number of imidazole rings is 1. The SMILES string of the molecule is CC(=O)c1c[nH]c(C(C)=O)n1. The van der Waals surface area contributed by atoms with Crippen LogP contribution in [0.3, 0.4) is 0 Å². The van der Waals surface area contributed by atoms with Crippen molar-refractivity contribution in [2.75, 3.05) is 0 Å². The third kappa shape index (κ3) is 1.52. The molecule has 1 aromatic heterocycles. The summed E-state index contributed by atoms with van der Waals surface area (Å²) < 4.78 is 0. The van der Waals surface area contributed by atoms with Crippen LogP contribution in [-0.4, -0.2) is 21.5 Å². The van der Waals surface area contributed by atoms with Gasteiger partial charge in [-0.15, -0.1) is 0 Å². The number of hydrogen-bond donors (Lipinski definition) is 1. The molecular weight excluding hydrogens is 144 g/mol. The van der Waals surface area contributed by atoms with Crippen molar-refractivity contribution < 1.29 is 9.59 Å². The Balaban J connectivity index is 2.99. The molecule has 0 radical (unpaired) electrons. The molecule has 0 unspecified atom stereocenters. The van der Waals surface area contributed by atoms with Gasteiger partial charge in [-0.1, -0.05) is 0 Å². The van der Waals surface area contributed by atoms with Crippen molar-refractivity contribution in [1.29, 1.82) is 0 Å². The molecule has 0 aliphatic rings. The molecule has 11 heavy (non-hydrogen) atoms. The number of Topliss-reactive ketones (excluding diaryl/α,β-unsaturated/α-hetero) is 2. The van der Waals surface area contributed by atoms with Crippen LogP contribution >= 0.6 is 0 Å². The van der Waals surface area contributed by atoms with Crippen molar-refractivity contribution in [3.63, 3.8) is 0 Å². The summed E-state index contributed by atoms with van der Waals surface area (Å²) in [5.41, 5.74) is 0.301. The highest BCUT2D eigenvalue weighted by Crippen LogP contribution is 1.97. The van der Waals surface area contributed by atoms with E-state index >= 15 is 0 Å². The van der Waals surface area contributed by atoms with Crippen LogP contribution in [0.5, 0.6) is 0 Å². The molecule has 0 aliphatic carbocycles. The van der Waals surface area contributed by atoms with Crippen molar-refractivity contribution in [3.05, 3.63) is 17.7 Å². The molecular formula is C7H8N2O2. The maximum atomic E-state index is 10.7. The van der Waals surface area contributed by atoms with Gasteiger partial charge in [0.15, 0.2) is 17.4 Å². The van der Waals surface area contributed by atoms with Crippen molar-refractivity contribution in [2.45, 2.75) is 13.8 Å². The zero-order valence-corrected chi connectivity index (χ0v) is 6.34. The maximum absolute atomic E-state index is 10.7. The highest BCUT2D eigenvalue weighted by atomic mass is 16.1. The Labute approximate surface area is 63.6 Å². The first-order valence-corrected chi connectivity index (χ1v) is 3.18. The van der Waals surface area contributed by atoms with Crippen LogP contribution in [0.15, 0.2) is 6.20 Å². The molecule has 0 saturated carbocycles. The molecule has 0 saturated heterocycles. The van der Waals surface area contributed by atoms with E-state index in [4.69, 9.17) is 0 Å². The maximum Gasteiger partial charge on any atom is 0.194 e. The van der Waals surface area contributed by atoms with Gasteiger partial charge in [-0.2, -0.15) is 0 Å². The lowest BCUT2D eigenvalue weighted by molar-refractivity contribution is 0.100. The van der Waals surface area contributed by atoms with Crippen molar-refractivity contribution in [1.82, 2.24) is 9.97 Å². The van der Waals surface area contributed by atoms with E-state index in [-0.39, 0.29) is 17.4 Å². The molecule has 1 aromatic rings. The Hall–Kier alpha value is -1.45. The van der Waals surface area contributed by atoms with E-state index in [2.05, 4.69) is 9.97 Å². The molecule has 4 heteroatoms. The standard InChI is InChI=1S/C7H8N2O2/c1-4(10)6-3-8-7(9-6)5(2)11/h3H,1-2H3,(H,8,9). The topological polar surface area (TPSA) is 62.8 Å². The second-order valence-electron chi connectivity index (χ2n) is 2.25. The minimum Gasteiger partial charge on any atom is -0.341 e. The first kappa shape index (κ1) is 7.65. The van der Waals surface area contributed by atoms with Crippen LogP contribution in [0, 0.1) is 0 Å². The van der Waals surface area contributed by atoms with Gasteiger partial charge in [0.2, 0.25) is 0 Å². The molecule has 1 N–H and O–H groups in total. The zero-order chi connectivity index (χ0) is 8.43. The van der Waals surface area contributed by atoms with E-state index in [0.717, 1.165) is 0 Å². The normalized spacial score (nSPS) is 9.64. The summed E-state index contributed by atoms with van der Waals surface area (Å²) in [7, 11) is 0. The fourth-order valence-electron chi connectivity index (χ4n) is 0.682. The number of carbonyl (C=O) groups is 2. The number of nitrogens with zero attached hydrogens (tertiary/aromatic N) is 1. The number of carbonyl (C=O) groups excluding carboxylic acids is 2. The highest BCUT2D eigenvalue weighted by molar-refractivity contribution is 5.95. The number of aromatic nitrogens is 2. The predicted molar refractivity (Wildman–Crippen MR) is 38.6 cm³/mol. The van der Waals surface area contributed by atoms with Crippen LogP contribution in [0.1, 0.15) is 35.0 Å². The van der Waals surface area contributed by atoms with E-state index in [9.17, 15) is 9.59 Å². The Morgan fingerprint density at radius 1 is 1.36 bits per heavy atom. The molecule has 0 aromatic carbocycles. The van der Waals surface area contributed by atoms with Crippen LogP contribution in [0.2, 0.25) is 0 Å². The fraction of sp³-hybridized carbons (Fsp3) is 0.286. The summed E-state index contributed by atoms with van der Waals surface area (Å²) in [6, 6.07) is 0. The van der Waals surface area contributed by atoms with Gasteiger partial charge >= 0.3 is 0 Å². The Morgan fingerprint density at radius 2 is 2.00 bits per heavy atom. The minimum atomic E-state index is -0.169. The number of ketones is 2. The smallest absolute Gasteiger partial charge is 0.194 e. The van der Waals surface area contributed by atoms with E-state index in [1.54, 1.807) is 0 Å². The van der Waals surface area contributed by atoms with Gasteiger partial charge < -0.3 is 4.98 Å². The van der Waals surface area contributed by atoms with E-state index in [0.29, 0.717) is 5.69 Å². The number of rotatable bonds is 2. The number of hydrogen-bond acceptors (Lipinski definition) is 3. The molecule has 0 aliphatic heterocycles. The van der Waals surface area contributed by atoms with Crippen molar-refractivity contribution in [3.8, 4) is 0 Å². The fourth-order valence-corrected chi connectivity index (χ4v) is 0.682. The molecule has 0 fully saturated rings. The summed E-state index contributed by atoms with van der Waals surface area (Å²) >= 11 is 0. The van der Waals surface area contributed by atoms with Gasteiger partial charge in [0.05, 0.1) is 0 Å². The summed E-state index contributed by atoms with van der Waals surface area (Å²) in [5, 5.41) is 0. The van der Waals surface area contributed by atoms with Crippen molar-refractivity contribution >= 4 is 11.6 Å². The summed E-state index contributed by atoms with van der Waals surface area (Å²) in [6.45, 7) is 2.79. The van der Waals surface area contributed by atoms with Gasteiger partial charge in [0.25, 0.3) is 0 Å². The lowest BCUT2D eigenvalue weighted by Gasteiger charge is -1.83. The Morgan fingerprint density at radius 3 is 2.27 bits per heavy atom. The van der Waals surface area contributed by atoms with E-state index in [1.165, 1.54) is 20.0 Å². The molecule has 0 amide bonds. The number of aromatic amines is 1. The summed E-state index contributed by atoms with van der Waals surface area (Å²) in [6.07, 6.45) is 1.43. The largest absolute Gasteiger partial charge is 0.341 e. The van der Waals surface area contributed by atoms with Gasteiger partial charge in [-0.05, 0) is 0 Å². The molecule has 1 heterocycles. The molecule has 4 nitrogen and oxygen atoms in total. The summed E-state index contributed by atoms with van der Waals surface area (Å²) in [4.78, 5) is 27.7. The third-order valence-electron chi connectivity index (χ3n) is 1.27. The van der Waals surface area contributed by atoms with Crippen LogP contribution < -0.4 is 0 Å². The number of nitrogens with one attached hydrogen (secondary N) is 1. The number of H-pyrrole nitrogens is 1. The molecule has 0 spiro atoms. The zero-order valence-electron chi connectivity index (χ0n) is 6.34. The van der Waals surface area contributed by atoms with Gasteiger partial charge in [0, 0.05) is 20.0 Å². The minimum absolute atomic E-state index is 0.145. The van der Waals surface area contributed by atoms with E-state index in [1.807, 2.05) is 0 Å². The Bertz CT molecular complexity index is 273. The lowest BCUT2D eigenvalue weighted by Crippen LogP contribution is -1.96. The first-order valence-electron chi connectivity index (χ1n) is 3.18. The van der Waals surface area contributed by atoms with E-state index < -0.39 is 0 Å². The second kappa shape index (κ2) is 2.65. The van der Waals surface area contributed by atoms with Gasteiger partial charge in [0.1, 0.15) is 5.69 Å². The lowest BCUT2D eigenvalue weighted by atomic mass is 10.3. The highest BCUT2D eigenvalue weighted by Gasteiger charge is 2.07. The van der Waals surface area contributed by atoms with Gasteiger partial charge in [-0.3, -0.25) is 9.59 Å². The van der Waals surface area contributed by atoms with Crippen LogP contribution in [-0.2, 0) is 0 Å². The van der Waals surface area contributed by atoms with Gasteiger partial charge in [-0.25, -0.2) is 4.98 Å².